The lowest BCUT2D eigenvalue weighted by molar-refractivity contribution is 0.330. The summed E-state index contributed by atoms with van der Waals surface area (Å²) in [6.07, 6.45) is 11.1. The topological polar surface area (TPSA) is 0 Å². The molecule has 3 unspecified atom stereocenters. The Bertz CT molecular complexity index is 666. The van der Waals surface area contributed by atoms with Crippen molar-refractivity contribution in [3.63, 3.8) is 0 Å². The SMILES string of the molecule is C=C(CC)C(Cc1c(C)cccc1C)C1CCC2=CC(C)C=C2C1. The Kier molecular flexibility index (Phi) is 5.13. The molecular weight excluding hydrogens is 288 g/mol. The molecule has 2 aliphatic rings. The molecule has 3 rings (SSSR count). The Hall–Kier alpha value is -1.56. The molecule has 3 atom stereocenters. The second kappa shape index (κ2) is 7.13. The molecule has 0 aromatic heterocycles. The van der Waals surface area contributed by atoms with E-state index in [0.29, 0.717) is 11.8 Å². The Morgan fingerprint density at radius 3 is 2.50 bits per heavy atom. The standard InChI is InChI=1S/C24H32/c1-6-17(3)24(15-23-18(4)8-7-9-19(23)5)21-11-10-20-12-16(2)13-22(20)14-21/h7-9,12-13,16,21,24H,3,6,10-11,14-15H2,1-2,4-5H3. The van der Waals surface area contributed by atoms with Gasteiger partial charge in [0, 0.05) is 0 Å². The monoisotopic (exact) mass is 320 g/mol. The second-order valence-corrected chi connectivity index (χ2v) is 7.94. The molecule has 1 saturated carbocycles. The zero-order valence-electron chi connectivity index (χ0n) is 15.9. The van der Waals surface area contributed by atoms with Crippen LogP contribution >= 0.6 is 0 Å². The van der Waals surface area contributed by atoms with Gasteiger partial charge in [-0.1, -0.05) is 56.4 Å². The summed E-state index contributed by atoms with van der Waals surface area (Å²) < 4.78 is 0. The van der Waals surface area contributed by atoms with E-state index in [1.54, 1.807) is 16.7 Å². The number of aryl methyl sites for hydroxylation is 2. The summed E-state index contributed by atoms with van der Waals surface area (Å²) in [5.74, 6) is 2.01. The molecular formula is C24H32. The lowest BCUT2D eigenvalue weighted by atomic mass is 9.71. The van der Waals surface area contributed by atoms with Crippen molar-refractivity contribution in [2.24, 2.45) is 17.8 Å². The van der Waals surface area contributed by atoms with Crippen molar-refractivity contribution < 1.29 is 0 Å². The van der Waals surface area contributed by atoms with Crippen molar-refractivity contribution in [1.82, 2.24) is 0 Å². The molecule has 0 radical (unpaired) electrons. The van der Waals surface area contributed by atoms with Crippen molar-refractivity contribution in [3.05, 3.63) is 70.3 Å². The molecule has 2 aliphatic carbocycles. The van der Waals surface area contributed by atoms with Crippen LogP contribution in [0.3, 0.4) is 0 Å². The van der Waals surface area contributed by atoms with Crippen LogP contribution < -0.4 is 0 Å². The minimum atomic E-state index is 0.619. The first-order valence-corrected chi connectivity index (χ1v) is 9.64. The highest BCUT2D eigenvalue weighted by molar-refractivity contribution is 5.41. The second-order valence-electron chi connectivity index (χ2n) is 7.94. The average molecular weight is 321 g/mol. The molecule has 0 amide bonds. The summed E-state index contributed by atoms with van der Waals surface area (Å²) in [7, 11) is 0. The van der Waals surface area contributed by atoms with Gasteiger partial charge in [-0.25, -0.2) is 0 Å². The van der Waals surface area contributed by atoms with Crippen LogP contribution in [0.5, 0.6) is 0 Å². The number of allylic oxidation sites excluding steroid dienone is 5. The number of benzene rings is 1. The third-order valence-corrected chi connectivity index (χ3v) is 6.22. The molecule has 0 nitrogen and oxygen atoms in total. The smallest absolute Gasteiger partial charge is 0.00700 e. The third-order valence-electron chi connectivity index (χ3n) is 6.22. The minimum Gasteiger partial charge on any atom is -0.0996 e. The molecule has 0 heterocycles. The first-order valence-electron chi connectivity index (χ1n) is 9.64. The predicted molar refractivity (Wildman–Crippen MR) is 105 cm³/mol. The van der Waals surface area contributed by atoms with Crippen LogP contribution in [0.1, 0.15) is 56.2 Å². The first kappa shape index (κ1) is 17.3. The molecule has 0 N–H and O–H groups in total. The van der Waals surface area contributed by atoms with Gasteiger partial charge in [0.1, 0.15) is 0 Å². The van der Waals surface area contributed by atoms with E-state index in [2.05, 4.69) is 64.6 Å². The summed E-state index contributed by atoms with van der Waals surface area (Å²) >= 11 is 0. The molecule has 0 bridgehead atoms. The molecule has 1 aromatic carbocycles. The Morgan fingerprint density at radius 1 is 1.17 bits per heavy atom. The zero-order chi connectivity index (χ0) is 17.3. The molecule has 128 valence electrons. The Morgan fingerprint density at radius 2 is 1.83 bits per heavy atom. The zero-order valence-corrected chi connectivity index (χ0v) is 15.9. The fourth-order valence-electron chi connectivity index (χ4n) is 4.71. The highest BCUT2D eigenvalue weighted by Gasteiger charge is 2.31. The van der Waals surface area contributed by atoms with Crippen LogP contribution in [-0.2, 0) is 6.42 Å². The minimum absolute atomic E-state index is 0.619. The number of rotatable bonds is 5. The number of hydrogen-bond donors (Lipinski definition) is 0. The highest BCUT2D eigenvalue weighted by atomic mass is 14.4. The van der Waals surface area contributed by atoms with E-state index in [-0.39, 0.29) is 0 Å². The van der Waals surface area contributed by atoms with Crippen LogP contribution in [0, 0.1) is 31.6 Å². The van der Waals surface area contributed by atoms with Gasteiger partial charge in [0.05, 0.1) is 0 Å². The van der Waals surface area contributed by atoms with Crippen LogP contribution in [0.4, 0.5) is 0 Å². The summed E-state index contributed by atoms with van der Waals surface area (Å²) in [5, 5.41) is 0. The molecule has 0 aliphatic heterocycles. The van der Waals surface area contributed by atoms with Gasteiger partial charge in [-0.15, -0.1) is 0 Å². The van der Waals surface area contributed by atoms with Gasteiger partial charge in [0.2, 0.25) is 0 Å². The summed E-state index contributed by atoms with van der Waals surface area (Å²) in [5.41, 5.74) is 9.14. The number of fused-ring (bicyclic) bond motifs is 1. The van der Waals surface area contributed by atoms with Crippen molar-refractivity contribution in [3.8, 4) is 0 Å². The van der Waals surface area contributed by atoms with Crippen molar-refractivity contribution in [2.45, 2.75) is 59.8 Å². The van der Waals surface area contributed by atoms with E-state index in [1.165, 1.54) is 36.0 Å². The van der Waals surface area contributed by atoms with E-state index in [4.69, 9.17) is 0 Å². The maximum atomic E-state index is 4.47. The number of hydrogen-bond acceptors (Lipinski definition) is 0. The Labute approximate surface area is 148 Å². The molecule has 0 spiro atoms. The van der Waals surface area contributed by atoms with Crippen LogP contribution in [-0.4, -0.2) is 0 Å². The van der Waals surface area contributed by atoms with Crippen molar-refractivity contribution >= 4 is 0 Å². The summed E-state index contributed by atoms with van der Waals surface area (Å²) in [6.45, 7) is 13.6. The normalized spacial score (nSPS) is 24.2. The first-order chi connectivity index (χ1) is 11.5. The molecule has 1 aromatic rings. The molecule has 1 fully saturated rings. The van der Waals surface area contributed by atoms with Gasteiger partial charge in [-0.05, 0) is 91.5 Å². The summed E-state index contributed by atoms with van der Waals surface area (Å²) in [6, 6.07) is 6.70. The predicted octanol–water partition coefficient (Wildman–Crippen LogP) is 6.73. The van der Waals surface area contributed by atoms with Gasteiger partial charge < -0.3 is 0 Å². The molecule has 0 heteroatoms. The van der Waals surface area contributed by atoms with Gasteiger partial charge in [-0.3, -0.25) is 0 Å². The van der Waals surface area contributed by atoms with Crippen LogP contribution in [0.2, 0.25) is 0 Å². The maximum Gasteiger partial charge on any atom is -0.00700 e. The van der Waals surface area contributed by atoms with E-state index < -0.39 is 0 Å². The molecule has 0 saturated heterocycles. The van der Waals surface area contributed by atoms with Crippen molar-refractivity contribution in [1.29, 1.82) is 0 Å². The van der Waals surface area contributed by atoms with E-state index >= 15 is 0 Å². The van der Waals surface area contributed by atoms with Crippen molar-refractivity contribution in [2.75, 3.05) is 0 Å². The van der Waals surface area contributed by atoms with E-state index in [1.807, 2.05) is 0 Å². The fraction of sp³-hybridized carbons (Fsp3) is 0.500. The van der Waals surface area contributed by atoms with Gasteiger partial charge >= 0.3 is 0 Å². The lowest BCUT2D eigenvalue weighted by Crippen LogP contribution is -2.23. The van der Waals surface area contributed by atoms with Crippen LogP contribution in [0.25, 0.3) is 0 Å². The van der Waals surface area contributed by atoms with Gasteiger partial charge in [-0.2, -0.15) is 0 Å². The average Bonchev–Trinajstić information content (AvgIpc) is 2.93. The van der Waals surface area contributed by atoms with Gasteiger partial charge in [0.25, 0.3) is 0 Å². The maximum absolute atomic E-state index is 4.47. The van der Waals surface area contributed by atoms with Gasteiger partial charge in [0.15, 0.2) is 0 Å². The third kappa shape index (κ3) is 3.43. The van der Waals surface area contributed by atoms with Crippen LogP contribution in [0.15, 0.2) is 53.6 Å². The van der Waals surface area contributed by atoms with E-state index in [9.17, 15) is 0 Å². The fourth-order valence-corrected chi connectivity index (χ4v) is 4.71. The quantitative estimate of drug-likeness (QED) is 0.527. The molecule has 24 heavy (non-hydrogen) atoms. The summed E-state index contributed by atoms with van der Waals surface area (Å²) in [4.78, 5) is 0. The lowest BCUT2D eigenvalue weighted by Gasteiger charge is -2.34. The Balaban J connectivity index is 1.84. The highest BCUT2D eigenvalue weighted by Crippen LogP contribution is 2.44. The van der Waals surface area contributed by atoms with E-state index in [0.717, 1.165) is 18.8 Å². The largest absolute Gasteiger partial charge is 0.0996 e.